The van der Waals surface area contributed by atoms with Gasteiger partial charge < -0.3 is 5.11 Å². The molecular weight excluding hydrogens is 348 g/mol. The van der Waals surface area contributed by atoms with E-state index in [9.17, 15) is 18.1 Å². The zero-order chi connectivity index (χ0) is 19.7. The minimum atomic E-state index is -3.91. The molecule has 26 heavy (non-hydrogen) atoms. The highest BCUT2D eigenvalue weighted by Gasteiger charge is 2.21. The van der Waals surface area contributed by atoms with Gasteiger partial charge in [-0.1, -0.05) is 97.3 Å². The second-order valence-corrected chi connectivity index (χ2v) is 9.53. The lowest BCUT2D eigenvalue weighted by Gasteiger charge is -2.14. The average molecular weight is 393 g/mol. The number of hydrogen-bond donors (Lipinski definition) is 2. The normalized spacial score (nSPS) is 14.5. The molecule has 158 valence electrons. The molecule has 0 aromatic rings. The lowest BCUT2D eigenvalue weighted by atomic mass is 10.0. The molecule has 0 aliphatic rings. The van der Waals surface area contributed by atoms with E-state index in [0.717, 1.165) is 70.6 Å². The van der Waals surface area contributed by atoms with Crippen LogP contribution in [0.15, 0.2) is 0 Å². The molecule has 0 aliphatic heterocycles. The summed E-state index contributed by atoms with van der Waals surface area (Å²) < 4.78 is 32.5. The Hall–Kier alpha value is -0.130. The Balaban J connectivity index is 3.72. The predicted molar refractivity (Wildman–Crippen MR) is 111 cm³/mol. The fraction of sp³-hybridized carbons (Fsp3) is 1.00. The zero-order valence-corrected chi connectivity index (χ0v) is 18.1. The van der Waals surface area contributed by atoms with Gasteiger partial charge in [-0.25, -0.2) is 0 Å². The lowest BCUT2D eigenvalue weighted by molar-refractivity contribution is 0.147. The smallest absolute Gasteiger partial charge is 0.267 e. The average Bonchev–Trinajstić information content (AvgIpc) is 2.58. The fourth-order valence-electron chi connectivity index (χ4n) is 3.47. The van der Waals surface area contributed by atoms with Crippen LogP contribution in [-0.2, 0) is 10.1 Å². The summed E-state index contributed by atoms with van der Waals surface area (Å²) in [5.74, 6) is 0. The molecule has 0 aromatic heterocycles. The van der Waals surface area contributed by atoms with Gasteiger partial charge in [0.05, 0.1) is 11.4 Å². The summed E-state index contributed by atoms with van der Waals surface area (Å²) in [5, 5.41) is 9.30. The van der Waals surface area contributed by atoms with E-state index >= 15 is 0 Å². The zero-order valence-electron chi connectivity index (χ0n) is 17.3. The second kappa shape index (κ2) is 17.0. The van der Waals surface area contributed by atoms with E-state index in [2.05, 4.69) is 13.8 Å². The maximum Gasteiger partial charge on any atom is 0.267 e. The van der Waals surface area contributed by atoms with Crippen molar-refractivity contribution in [3.8, 4) is 0 Å². The summed E-state index contributed by atoms with van der Waals surface area (Å²) in [4.78, 5) is 0. The molecule has 2 atom stereocenters. The first kappa shape index (κ1) is 25.9. The molecule has 0 rings (SSSR count). The van der Waals surface area contributed by atoms with E-state index in [0.29, 0.717) is 12.8 Å². The summed E-state index contributed by atoms with van der Waals surface area (Å²) in [7, 11) is -3.91. The summed E-state index contributed by atoms with van der Waals surface area (Å²) >= 11 is 0. The SMILES string of the molecule is CCCCCCCC(CCCCCCCC(O)CCCCC)S(=O)(=O)O. The van der Waals surface area contributed by atoms with Gasteiger partial charge >= 0.3 is 0 Å². The topological polar surface area (TPSA) is 74.6 Å². The molecule has 5 heteroatoms. The van der Waals surface area contributed by atoms with Crippen molar-refractivity contribution in [2.75, 3.05) is 0 Å². The van der Waals surface area contributed by atoms with Crippen LogP contribution in [0.3, 0.4) is 0 Å². The molecule has 0 saturated heterocycles. The van der Waals surface area contributed by atoms with Crippen LogP contribution in [0.5, 0.6) is 0 Å². The van der Waals surface area contributed by atoms with Gasteiger partial charge in [0.15, 0.2) is 0 Å². The first-order valence-corrected chi connectivity index (χ1v) is 12.6. The van der Waals surface area contributed by atoms with E-state index < -0.39 is 15.4 Å². The van der Waals surface area contributed by atoms with Crippen LogP contribution < -0.4 is 0 Å². The molecular formula is C21H44O4S. The van der Waals surface area contributed by atoms with Crippen LogP contribution in [0.4, 0.5) is 0 Å². The van der Waals surface area contributed by atoms with E-state index in [1.165, 1.54) is 25.7 Å². The largest absolute Gasteiger partial charge is 0.393 e. The van der Waals surface area contributed by atoms with Crippen LogP contribution in [0.2, 0.25) is 0 Å². The molecule has 2 unspecified atom stereocenters. The molecule has 2 N–H and O–H groups in total. The Morgan fingerprint density at radius 3 is 1.42 bits per heavy atom. The van der Waals surface area contributed by atoms with E-state index in [1.54, 1.807) is 0 Å². The van der Waals surface area contributed by atoms with Crippen molar-refractivity contribution in [2.24, 2.45) is 0 Å². The van der Waals surface area contributed by atoms with Crippen LogP contribution >= 0.6 is 0 Å². The minimum Gasteiger partial charge on any atom is -0.393 e. The molecule has 0 radical (unpaired) electrons. The summed E-state index contributed by atoms with van der Waals surface area (Å²) in [6, 6.07) is 0. The van der Waals surface area contributed by atoms with E-state index in [1.807, 2.05) is 0 Å². The van der Waals surface area contributed by atoms with Crippen molar-refractivity contribution in [3.63, 3.8) is 0 Å². The Labute approximate surface area is 162 Å². The third-order valence-electron chi connectivity index (χ3n) is 5.26. The molecule has 4 nitrogen and oxygen atoms in total. The molecule has 0 saturated carbocycles. The van der Waals surface area contributed by atoms with E-state index in [-0.39, 0.29) is 6.10 Å². The van der Waals surface area contributed by atoms with Crippen molar-refractivity contribution in [2.45, 2.75) is 134 Å². The summed E-state index contributed by atoms with van der Waals surface area (Å²) in [6.45, 7) is 4.33. The fourth-order valence-corrected chi connectivity index (χ4v) is 4.40. The van der Waals surface area contributed by atoms with Crippen LogP contribution in [0, 0.1) is 0 Å². The van der Waals surface area contributed by atoms with Gasteiger partial charge in [-0.05, 0) is 25.7 Å². The van der Waals surface area contributed by atoms with E-state index in [4.69, 9.17) is 0 Å². The van der Waals surface area contributed by atoms with Crippen LogP contribution in [0.25, 0.3) is 0 Å². The number of hydrogen-bond acceptors (Lipinski definition) is 3. The Bertz CT molecular complexity index is 395. The van der Waals surface area contributed by atoms with Gasteiger partial charge in [0.1, 0.15) is 0 Å². The highest BCUT2D eigenvalue weighted by molar-refractivity contribution is 7.86. The van der Waals surface area contributed by atoms with Crippen molar-refractivity contribution < 1.29 is 18.1 Å². The molecule has 0 bridgehead atoms. The number of aliphatic hydroxyl groups is 1. The third kappa shape index (κ3) is 16.1. The van der Waals surface area contributed by atoms with Gasteiger partial charge in [0.2, 0.25) is 0 Å². The van der Waals surface area contributed by atoms with Crippen molar-refractivity contribution in [1.29, 1.82) is 0 Å². The Kier molecular flexibility index (Phi) is 16.9. The number of aliphatic hydroxyl groups excluding tert-OH is 1. The number of rotatable bonds is 19. The lowest BCUT2D eigenvalue weighted by Crippen LogP contribution is -2.20. The molecule has 0 amide bonds. The standard InChI is InChI=1S/C21H44O4S/c1-3-5-7-9-14-18-21(26(23,24)25)19-15-11-8-10-13-17-20(22)16-12-6-4-2/h20-22H,3-19H2,1-2H3,(H,23,24,25). The highest BCUT2D eigenvalue weighted by Crippen LogP contribution is 2.19. The predicted octanol–water partition coefficient (Wildman–Crippen LogP) is 6.28. The Morgan fingerprint density at radius 2 is 0.962 bits per heavy atom. The summed E-state index contributed by atoms with van der Waals surface area (Å²) in [6.07, 6.45) is 16.9. The number of unbranched alkanes of at least 4 members (excludes halogenated alkanes) is 10. The van der Waals surface area contributed by atoms with Crippen molar-refractivity contribution in [3.05, 3.63) is 0 Å². The van der Waals surface area contributed by atoms with Gasteiger partial charge in [0, 0.05) is 0 Å². The molecule has 0 spiro atoms. The minimum absolute atomic E-state index is 0.154. The highest BCUT2D eigenvalue weighted by atomic mass is 32.2. The monoisotopic (exact) mass is 392 g/mol. The molecule has 0 fully saturated rings. The first-order valence-electron chi connectivity index (χ1n) is 11.1. The molecule has 0 aliphatic carbocycles. The van der Waals surface area contributed by atoms with Gasteiger partial charge in [-0.2, -0.15) is 8.42 Å². The maximum absolute atomic E-state index is 11.5. The second-order valence-electron chi connectivity index (χ2n) is 7.83. The van der Waals surface area contributed by atoms with Crippen molar-refractivity contribution >= 4 is 10.1 Å². The van der Waals surface area contributed by atoms with Gasteiger partial charge in [0.25, 0.3) is 10.1 Å². The third-order valence-corrected chi connectivity index (χ3v) is 6.57. The van der Waals surface area contributed by atoms with Crippen molar-refractivity contribution in [1.82, 2.24) is 0 Å². The quantitative estimate of drug-likeness (QED) is 0.200. The summed E-state index contributed by atoms with van der Waals surface area (Å²) in [5.41, 5.74) is 0. The van der Waals surface area contributed by atoms with Crippen LogP contribution in [-0.4, -0.2) is 29.4 Å². The maximum atomic E-state index is 11.5. The van der Waals surface area contributed by atoms with Gasteiger partial charge in [-0.3, -0.25) is 4.55 Å². The van der Waals surface area contributed by atoms with Crippen LogP contribution in [0.1, 0.15) is 123 Å². The first-order chi connectivity index (χ1) is 12.4. The molecule has 0 heterocycles. The van der Waals surface area contributed by atoms with Gasteiger partial charge in [-0.15, -0.1) is 0 Å². The Morgan fingerprint density at radius 1 is 0.615 bits per heavy atom. The molecule has 0 aromatic carbocycles.